The molecular formula is C4H10O6S2. The van der Waals surface area contributed by atoms with Crippen LogP contribution in [0.2, 0.25) is 0 Å². The summed E-state index contributed by atoms with van der Waals surface area (Å²) >= 11 is 1.89. The van der Waals surface area contributed by atoms with Crippen molar-refractivity contribution in [2.24, 2.45) is 0 Å². The molecular weight excluding hydrogens is 208 g/mol. The van der Waals surface area contributed by atoms with Gasteiger partial charge in [-0.3, -0.25) is 0 Å². The van der Waals surface area contributed by atoms with Crippen LogP contribution in [0.4, 0.5) is 0 Å². The van der Waals surface area contributed by atoms with Gasteiger partial charge in [0.05, 0.1) is 31.2 Å². The predicted octanol–water partition coefficient (Wildman–Crippen LogP) is 1.95. The smallest absolute Gasteiger partial charge is 0.109 e. The van der Waals surface area contributed by atoms with Crippen LogP contribution >= 0.6 is 24.1 Å². The van der Waals surface area contributed by atoms with Gasteiger partial charge in [0.2, 0.25) is 0 Å². The maximum absolute atomic E-state index is 7.83. The van der Waals surface area contributed by atoms with Crippen LogP contribution in [0.1, 0.15) is 13.3 Å². The largest absolute Gasteiger partial charge is 0.220 e. The van der Waals surface area contributed by atoms with Gasteiger partial charge in [0.15, 0.2) is 0 Å². The molecule has 0 fully saturated rings. The monoisotopic (exact) mass is 218 g/mol. The van der Waals surface area contributed by atoms with Gasteiger partial charge in [-0.1, -0.05) is 17.0 Å². The Morgan fingerprint density at radius 3 is 2.50 bits per heavy atom. The topological polar surface area (TPSA) is 66.4 Å². The average Bonchev–Trinajstić information content (AvgIpc) is 2.11. The molecule has 0 rings (SSSR count). The molecule has 0 amide bonds. The van der Waals surface area contributed by atoms with Crippen molar-refractivity contribution in [1.82, 2.24) is 0 Å². The zero-order chi connectivity index (χ0) is 9.23. The van der Waals surface area contributed by atoms with Crippen LogP contribution in [0.25, 0.3) is 0 Å². The molecule has 12 heavy (non-hydrogen) atoms. The third kappa shape index (κ3) is 7.13. The zero-order valence-electron chi connectivity index (χ0n) is 6.59. The molecule has 0 saturated heterocycles. The summed E-state index contributed by atoms with van der Waals surface area (Å²) in [5.74, 6) is 0. The summed E-state index contributed by atoms with van der Waals surface area (Å²) in [4.78, 5) is 4.17. The molecule has 1 N–H and O–H groups in total. The second kappa shape index (κ2) is 9.55. The minimum absolute atomic E-state index is 0.0766. The van der Waals surface area contributed by atoms with Crippen molar-refractivity contribution in [1.29, 1.82) is 0 Å². The standard InChI is InChI=1S/C4H10O6S2/c1-3-4(11-9-7-5)12-10-8-6-2/h4-5H,3H2,1-2H3. The minimum atomic E-state index is -0.0766. The van der Waals surface area contributed by atoms with Crippen molar-refractivity contribution >= 4 is 24.1 Å². The third-order valence-electron chi connectivity index (χ3n) is 0.753. The molecule has 6 nitrogen and oxygen atoms in total. The molecule has 0 heterocycles. The van der Waals surface area contributed by atoms with Gasteiger partial charge in [-0.05, 0) is 6.42 Å². The summed E-state index contributed by atoms with van der Waals surface area (Å²) in [5, 5.41) is 15.4. The van der Waals surface area contributed by atoms with Crippen LogP contribution in [0, 0.1) is 0 Å². The molecule has 0 radical (unpaired) electrons. The second-order valence-corrected chi connectivity index (χ2v) is 3.57. The highest BCUT2D eigenvalue weighted by molar-refractivity contribution is 8.12. The number of hydrogen-bond donors (Lipinski definition) is 1. The van der Waals surface area contributed by atoms with Crippen LogP contribution in [0.3, 0.4) is 0 Å². The van der Waals surface area contributed by atoms with Crippen molar-refractivity contribution in [2.75, 3.05) is 7.11 Å². The molecule has 0 aliphatic rings. The lowest BCUT2D eigenvalue weighted by Gasteiger charge is -2.07. The van der Waals surface area contributed by atoms with E-state index in [1.807, 2.05) is 6.92 Å². The summed E-state index contributed by atoms with van der Waals surface area (Å²) in [7, 11) is 1.32. The van der Waals surface area contributed by atoms with E-state index in [1.54, 1.807) is 0 Å². The molecule has 74 valence electrons. The van der Waals surface area contributed by atoms with Gasteiger partial charge < -0.3 is 0 Å². The Morgan fingerprint density at radius 1 is 1.33 bits per heavy atom. The van der Waals surface area contributed by atoms with Gasteiger partial charge >= 0.3 is 0 Å². The van der Waals surface area contributed by atoms with E-state index in [-0.39, 0.29) is 4.58 Å². The fourth-order valence-electron chi connectivity index (χ4n) is 0.301. The first kappa shape index (κ1) is 12.5. The Morgan fingerprint density at radius 2 is 2.00 bits per heavy atom. The average molecular weight is 218 g/mol. The number of hydrogen-bond acceptors (Lipinski definition) is 8. The van der Waals surface area contributed by atoms with E-state index in [1.165, 1.54) is 7.11 Å². The lowest BCUT2D eigenvalue weighted by Crippen LogP contribution is -1.98. The molecule has 0 aromatic heterocycles. The van der Waals surface area contributed by atoms with Gasteiger partial charge in [-0.15, -0.1) is 8.67 Å². The molecule has 1 atom stereocenters. The van der Waals surface area contributed by atoms with Gasteiger partial charge in [0.1, 0.15) is 4.58 Å². The summed E-state index contributed by atoms with van der Waals surface area (Å²) in [5.41, 5.74) is 0. The van der Waals surface area contributed by atoms with E-state index in [2.05, 4.69) is 23.6 Å². The van der Waals surface area contributed by atoms with Gasteiger partial charge in [0.25, 0.3) is 0 Å². The molecule has 0 aromatic carbocycles. The minimum Gasteiger partial charge on any atom is -0.220 e. The van der Waals surface area contributed by atoms with Gasteiger partial charge in [-0.25, -0.2) is 10.1 Å². The highest BCUT2D eigenvalue weighted by Crippen LogP contribution is 2.28. The van der Waals surface area contributed by atoms with Crippen LogP contribution in [0.5, 0.6) is 0 Å². The molecule has 0 aromatic rings. The van der Waals surface area contributed by atoms with Crippen molar-refractivity contribution in [3.05, 3.63) is 0 Å². The first-order valence-corrected chi connectivity index (χ1v) is 4.62. The van der Waals surface area contributed by atoms with Crippen molar-refractivity contribution in [3.8, 4) is 0 Å². The van der Waals surface area contributed by atoms with Crippen LogP contribution in [-0.2, 0) is 23.6 Å². The molecule has 1 unspecified atom stereocenters. The van der Waals surface area contributed by atoms with Gasteiger partial charge in [-0.2, -0.15) is 0 Å². The summed E-state index contributed by atoms with van der Waals surface area (Å²) in [6.45, 7) is 1.90. The highest BCUT2D eigenvalue weighted by atomic mass is 32.2. The summed E-state index contributed by atoms with van der Waals surface area (Å²) < 4.78 is 8.60. The summed E-state index contributed by atoms with van der Waals surface area (Å²) in [6.07, 6.45) is 0.742. The highest BCUT2D eigenvalue weighted by Gasteiger charge is 2.11. The molecule has 0 spiro atoms. The normalized spacial score (nSPS) is 13.2. The second-order valence-electron chi connectivity index (χ2n) is 1.48. The number of rotatable bonds is 8. The van der Waals surface area contributed by atoms with E-state index in [9.17, 15) is 0 Å². The SMILES string of the molecule is CCC(SOOO)SOOOC. The Hall–Kier alpha value is 0.460. The fraction of sp³-hybridized carbons (Fsp3) is 1.00. The summed E-state index contributed by atoms with van der Waals surface area (Å²) in [6, 6.07) is 0. The first-order chi connectivity index (χ1) is 5.85. The predicted molar refractivity (Wildman–Crippen MR) is 43.2 cm³/mol. The molecule has 0 aliphatic carbocycles. The maximum atomic E-state index is 7.83. The third-order valence-corrected chi connectivity index (χ3v) is 2.59. The van der Waals surface area contributed by atoms with E-state index < -0.39 is 0 Å². The molecule has 0 aliphatic heterocycles. The van der Waals surface area contributed by atoms with Crippen molar-refractivity contribution < 1.29 is 28.9 Å². The quantitative estimate of drug-likeness (QED) is 0.218. The molecule has 8 heteroatoms. The van der Waals surface area contributed by atoms with Gasteiger partial charge in [0, 0.05) is 0 Å². The Balaban J connectivity index is 3.26. The first-order valence-electron chi connectivity index (χ1n) is 3.01. The van der Waals surface area contributed by atoms with Crippen LogP contribution in [-0.4, -0.2) is 16.9 Å². The fourth-order valence-corrected chi connectivity index (χ4v) is 1.19. The maximum Gasteiger partial charge on any atom is 0.109 e. The Kier molecular flexibility index (Phi) is 9.91. The van der Waals surface area contributed by atoms with E-state index in [4.69, 9.17) is 5.26 Å². The molecule has 0 saturated carbocycles. The van der Waals surface area contributed by atoms with Crippen molar-refractivity contribution in [2.45, 2.75) is 17.9 Å². The van der Waals surface area contributed by atoms with E-state index in [0.29, 0.717) is 0 Å². The van der Waals surface area contributed by atoms with Crippen LogP contribution in [0.15, 0.2) is 0 Å². The molecule has 0 bridgehead atoms. The zero-order valence-corrected chi connectivity index (χ0v) is 8.22. The lowest BCUT2D eigenvalue weighted by atomic mass is 10.6. The Bertz CT molecular complexity index is 93.6. The van der Waals surface area contributed by atoms with Crippen molar-refractivity contribution in [3.63, 3.8) is 0 Å². The van der Waals surface area contributed by atoms with E-state index in [0.717, 1.165) is 30.5 Å². The van der Waals surface area contributed by atoms with Crippen LogP contribution < -0.4 is 0 Å². The Labute approximate surface area is 78.6 Å². The van der Waals surface area contributed by atoms with E-state index >= 15 is 0 Å². The lowest BCUT2D eigenvalue weighted by molar-refractivity contribution is -0.447.